The normalized spacial score (nSPS) is 10.2. The summed E-state index contributed by atoms with van der Waals surface area (Å²) in [6.45, 7) is 0. The molecule has 0 radical (unpaired) electrons. The number of aromatic nitrogens is 2. The molecule has 0 aliphatic carbocycles. The zero-order valence-electron chi connectivity index (χ0n) is 6.56. The number of hydrogen-bond acceptors (Lipinski definition) is 4. The summed E-state index contributed by atoms with van der Waals surface area (Å²) in [4.78, 5) is 19.2. The third-order valence-electron chi connectivity index (χ3n) is 1.40. The molecule has 0 bridgehead atoms. The van der Waals surface area contributed by atoms with Crippen molar-refractivity contribution in [3.8, 4) is 0 Å². The minimum atomic E-state index is 0.744. The fourth-order valence-corrected chi connectivity index (χ4v) is 2.50. The maximum absolute atomic E-state index is 10.4. The van der Waals surface area contributed by atoms with E-state index in [4.69, 9.17) is 0 Å². The second-order valence-corrected chi connectivity index (χ2v) is 4.30. The van der Waals surface area contributed by atoms with Gasteiger partial charge in [0.2, 0.25) is 0 Å². The zero-order valence-corrected chi connectivity index (χ0v) is 8.19. The lowest BCUT2D eigenvalue weighted by molar-refractivity contribution is 0.112. The number of rotatable bonds is 3. The predicted molar refractivity (Wildman–Crippen MR) is 52.4 cm³/mol. The molecule has 5 heteroatoms. The second-order valence-electron chi connectivity index (χ2n) is 2.30. The van der Waals surface area contributed by atoms with Crippen LogP contribution in [0.4, 0.5) is 0 Å². The average molecular weight is 210 g/mol. The molecule has 2 aromatic heterocycles. The van der Waals surface area contributed by atoms with Gasteiger partial charge in [-0.3, -0.25) is 4.79 Å². The number of carbonyl (C=O) groups is 1. The summed E-state index contributed by atoms with van der Waals surface area (Å²) in [5, 5.41) is 2.78. The van der Waals surface area contributed by atoms with Crippen LogP contribution in [0.25, 0.3) is 0 Å². The molecule has 2 heterocycles. The first-order valence-corrected chi connectivity index (χ1v) is 5.29. The van der Waals surface area contributed by atoms with Gasteiger partial charge in [-0.2, -0.15) is 0 Å². The maximum Gasteiger partial charge on any atom is 0.170 e. The number of hydrogen-bond donors (Lipinski definition) is 1. The van der Waals surface area contributed by atoms with E-state index in [1.807, 2.05) is 11.4 Å². The van der Waals surface area contributed by atoms with Crippen molar-refractivity contribution in [1.82, 2.24) is 9.97 Å². The van der Waals surface area contributed by atoms with Gasteiger partial charge >= 0.3 is 0 Å². The molecule has 2 aromatic rings. The maximum atomic E-state index is 10.4. The van der Waals surface area contributed by atoms with Crippen molar-refractivity contribution in [2.75, 3.05) is 0 Å². The van der Waals surface area contributed by atoms with Crippen molar-refractivity contribution in [2.45, 2.75) is 10.1 Å². The molecule has 2 rings (SSSR count). The Morgan fingerprint density at radius 2 is 2.54 bits per heavy atom. The van der Waals surface area contributed by atoms with Crippen LogP contribution in [-0.4, -0.2) is 16.3 Å². The third kappa shape index (κ3) is 1.99. The Kier molecular flexibility index (Phi) is 2.47. The Balaban J connectivity index is 2.14. The summed E-state index contributed by atoms with van der Waals surface area (Å²) in [6.07, 6.45) is 4.33. The standard InChI is InChI=1S/C8H6N2OS2/c11-4-6-3-7(5-12-6)13-8-9-1-2-10-8/h1-5H,(H,9,10). The quantitative estimate of drug-likeness (QED) is 0.791. The Bertz CT molecular complexity index is 394. The van der Waals surface area contributed by atoms with E-state index in [0.717, 1.165) is 21.2 Å². The van der Waals surface area contributed by atoms with Gasteiger partial charge in [0.05, 0.1) is 4.88 Å². The number of aromatic amines is 1. The van der Waals surface area contributed by atoms with Crippen LogP contribution in [0.2, 0.25) is 0 Å². The fourth-order valence-electron chi connectivity index (χ4n) is 0.868. The molecule has 0 spiro atoms. The Labute approximate surface area is 83.2 Å². The number of nitrogens with zero attached hydrogens (tertiary/aromatic N) is 1. The lowest BCUT2D eigenvalue weighted by Crippen LogP contribution is -1.72. The van der Waals surface area contributed by atoms with Crippen molar-refractivity contribution in [1.29, 1.82) is 0 Å². The largest absolute Gasteiger partial charge is 0.339 e. The Morgan fingerprint density at radius 1 is 1.62 bits per heavy atom. The molecule has 0 saturated heterocycles. The van der Waals surface area contributed by atoms with Crippen LogP contribution in [0.1, 0.15) is 9.67 Å². The van der Waals surface area contributed by atoms with E-state index in [0.29, 0.717) is 0 Å². The van der Waals surface area contributed by atoms with Crippen molar-refractivity contribution in [3.63, 3.8) is 0 Å². The summed E-state index contributed by atoms with van der Waals surface area (Å²) in [6, 6.07) is 1.85. The molecule has 0 amide bonds. The number of imidazole rings is 1. The molecule has 0 saturated carbocycles. The van der Waals surface area contributed by atoms with Crippen molar-refractivity contribution in [3.05, 3.63) is 28.7 Å². The highest BCUT2D eigenvalue weighted by Crippen LogP contribution is 2.28. The smallest absolute Gasteiger partial charge is 0.170 e. The van der Waals surface area contributed by atoms with Gasteiger partial charge in [-0.25, -0.2) is 4.98 Å². The molecule has 3 nitrogen and oxygen atoms in total. The molecule has 0 atom stereocenters. The van der Waals surface area contributed by atoms with Crippen LogP contribution in [0.3, 0.4) is 0 Å². The van der Waals surface area contributed by atoms with E-state index in [-0.39, 0.29) is 0 Å². The van der Waals surface area contributed by atoms with E-state index < -0.39 is 0 Å². The summed E-state index contributed by atoms with van der Waals surface area (Å²) in [5.41, 5.74) is 0. The summed E-state index contributed by atoms with van der Waals surface area (Å²) < 4.78 is 0. The average Bonchev–Trinajstić information content (AvgIpc) is 2.76. The van der Waals surface area contributed by atoms with Crippen LogP contribution < -0.4 is 0 Å². The number of aldehydes is 1. The van der Waals surface area contributed by atoms with Crippen LogP contribution in [0.15, 0.2) is 33.9 Å². The van der Waals surface area contributed by atoms with Gasteiger partial charge in [0.1, 0.15) is 0 Å². The van der Waals surface area contributed by atoms with Gasteiger partial charge in [0.15, 0.2) is 11.4 Å². The number of thiophene rings is 1. The molecule has 0 unspecified atom stereocenters. The van der Waals surface area contributed by atoms with Gasteiger partial charge in [0, 0.05) is 22.7 Å². The first kappa shape index (κ1) is 8.52. The van der Waals surface area contributed by atoms with E-state index in [2.05, 4.69) is 9.97 Å². The summed E-state index contributed by atoms with van der Waals surface area (Å²) in [7, 11) is 0. The van der Waals surface area contributed by atoms with E-state index >= 15 is 0 Å². The van der Waals surface area contributed by atoms with Crippen molar-refractivity contribution >= 4 is 29.4 Å². The first-order chi connectivity index (χ1) is 6.38. The van der Waals surface area contributed by atoms with E-state index in [1.165, 1.54) is 23.1 Å². The molecule has 0 aliphatic heterocycles. The van der Waals surface area contributed by atoms with Gasteiger partial charge in [-0.1, -0.05) is 11.8 Å². The van der Waals surface area contributed by atoms with Crippen LogP contribution in [0.5, 0.6) is 0 Å². The van der Waals surface area contributed by atoms with Crippen LogP contribution in [0, 0.1) is 0 Å². The molecular weight excluding hydrogens is 204 g/mol. The summed E-state index contributed by atoms with van der Waals surface area (Å²) in [5.74, 6) is 0. The first-order valence-electron chi connectivity index (χ1n) is 3.59. The molecule has 13 heavy (non-hydrogen) atoms. The molecule has 1 N–H and O–H groups in total. The monoisotopic (exact) mass is 210 g/mol. The lowest BCUT2D eigenvalue weighted by atomic mass is 10.5. The summed E-state index contributed by atoms with van der Waals surface area (Å²) >= 11 is 2.96. The van der Waals surface area contributed by atoms with Gasteiger partial charge in [-0.15, -0.1) is 11.3 Å². The predicted octanol–water partition coefficient (Wildman–Crippen LogP) is 2.43. The fraction of sp³-hybridized carbons (Fsp3) is 0. The topological polar surface area (TPSA) is 45.8 Å². The number of nitrogens with one attached hydrogen (secondary N) is 1. The SMILES string of the molecule is O=Cc1cc(Sc2ncc[nH]2)cs1. The van der Waals surface area contributed by atoms with Crippen molar-refractivity contribution < 1.29 is 4.79 Å². The lowest BCUT2D eigenvalue weighted by Gasteiger charge is -1.89. The van der Waals surface area contributed by atoms with Crippen LogP contribution in [-0.2, 0) is 0 Å². The van der Waals surface area contributed by atoms with E-state index in [1.54, 1.807) is 12.4 Å². The Hall–Kier alpha value is -1.07. The second kappa shape index (κ2) is 3.76. The molecule has 0 fully saturated rings. The molecule has 66 valence electrons. The highest BCUT2D eigenvalue weighted by molar-refractivity contribution is 7.99. The molecule has 0 aromatic carbocycles. The third-order valence-corrected chi connectivity index (χ3v) is 3.29. The number of H-pyrrole nitrogens is 1. The zero-order chi connectivity index (χ0) is 9.10. The van der Waals surface area contributed by atoms with E-state index in [9.17, 15) is 4.79 Å². The minimum Gasteiger partial charge on any atom is -0.339 e. The highest BCUT2D eigenvalue weighted by Gasteiger charge is 2.01. The highest BCUT2D eigenvalue weighted by atomic mass is 32.2. The molecule has 0 aliphatic rings. The molecular formula is C8H6N2OS2. The number of carbonyl (C=O) groups excluding carboxylic acids is 1. The van der Waals surface area contributed by atoms with Gasteiger partial charge in [-0.05, 0) is 6.07 Å². The van der Waals surface area contributed by atoms with Gasteiger partial charge < -0.3 is 4.98 Å². The van der Waals surface area contributed by atoms with Gasteiger partial charge in [0.25, 0.3) is 0 Å². The Morgan fingerprint density at radius 3 is 3.15 bits per heavy atom. The van der Waals surface area contributed by atoms with Crippen LogP contribution >= 0.6 is 23.1 Å². The van der Waals surface area contributed by atoms with Crippen molar-refractivity contribution in [2.24, 2.45) is 0 Å². The minimum absolute atomic E-state index is 0.744.